The summed E-state index contributed by atoms with van der Waals surface area (Å²) in [5.74, 6) is 0.658. The average molecular weight is 343 g/mol. The minimum Gasteiger partial charge on any atom is -0.481 e. The fourth-order valence-electron chi connectivity index (χ4n) is 5.43. The predicted molar refractivity (Wildman–Crippen MR) is 92.3 cm³/mol. The minimum absolute atomic E-state index is 0.00238. The first-order valence-electron chi connectivity index (χ1n) is 9.05. The molecule has 1 aromatic rings. The second-order valence-electron chi connectivity index (χ2n) is 7.80. The molecule has 6 heteroatoms. The van der Waals surface area contributed by atoms with Crippen molar-refractivity contribution >= 4 is 11.8 Å². The van der Waals surface area contributed by atoms with Crippen molar-refractivity contribution < 1.29 is 14.3 Å². The second-order valence-corrected chi connectivity index (χ2v) is 7.80. The first-order valence-corrected chi connectivity index (χ1v) is 9.05. The Hall–Kier alpha value is -2.11. The third-order valence-electron chi connectivity index (χ3n) is 6.50. The number of aromatic nitrogens is 1. The molecule has 1 aliphatic carbocycles. The maximum atomic E-state index is 13.2. The largest absolute Gasteiger partial charge is 0.481 e. The summed E-state index contributed by atoms with van der Waals surface area (Å²) in [4.78, 5) is 33.7. The van der Waals surface area contributed by atoms with Crippen LogP contribution >= 0.6 is 0 Å². The van der Waals surface area contributed by atoms with Gasteiger partial charge in [0, 0.05) is 43.2 Å². The minimum atomic E-state index is 0.00238. The van der Waals surface area contributed by atoms with Gasteiger partial charge in [-0.15, -0.1) is 0 Å². The van der Waals surface area contributed by atoms with Crippen LogP contribution in [-0.4, -0.2) is 58.4 Å². The summed E-state index contributed by atoms with van der Waals surface area (Å²) in [5.41, 5.74) is 0.594. The van der Waals surface area contributed by atoms with Crippen molar-refractivity contribution in [2.45, 2.75) is 57.7 Å². The molecule has 3 aliphatic rings. The van der Waals surface area contributed by atoms with Crippen LogP contribution in [0.25, 0.3) is 0 Å². The number of carbonyl (C=O) groups excluding carboxylic acids is 2. The Bertz CT molecular complexity index is 704. The average Bonchev–Trinajstić information content (AvgIpc) is 2.90. The number of methoxy groups -OCH3 is 1. The van der Waals surface area contributed by atoms with Crippen molar-refractivity contribution in [1.82, 2.24) is 14.8 Å². The number of hydrogen-bond acceptors (Lipinski definition) is 4. The van der Waals surface area contributed by atoms with Gasteiger partial charge in [-0.05, 0) is 31.7 Å². The van der Waals surface area contributed by atoms with Crippen LogP contribution in [0.5, 0.6) is 5.88 Å². The van der Waals surface area contributed by atoms with Crippen LogP contribution in [0.3, 0.4) is 0 Å². The topological polar surface area (TPSA) is 62.7 Å². The number of amides is 2. The third kappa shape index (κ3) is 2.34. The van der Waals surface area contributed by atoms with Crippen LogP contribution in [0.15, 0.2) is 18.3 Å². The summed E-state index contributed by atoms with van der Waals surface area (Å²) in [6.45, 7) is 4.57. The van der Waals surface area contributed by atoms with E-state index in [1.165, 1.54) is 0 Å². The van der Waals surface area contributed by atoms with E-state index in [-0.39, 0.29) is 35.4 Å². The molecule has 0 spiro atoms. The third-order valence-corrected chi connectivity index (χ3v) is 6.50. The van der Waals surface area contributed by atoms with E-state index in [0.29, 0.717) is 18.0 Å². The molecule has 1 saturated carbocycles. The smallest absolute Gasteiger partial charge is 0.256 e. The van der Waals surface area contributed by atoms with Crippen molar-refractivity contribution in [3.8, 4) is 5.88 Å². The molecular formula is C19H25N3O3. The molecule has 4 atom stereocenters. The van der Waals surface area contributed by atoms with Crippen molar-refractivity contribution in [3.63, 3.8) is 0 Å². The van der Waals surface area contributed by atoms with Crippen LogP contribution in [0.4, 0.5) is 0 Å². The summed E-state index contributed by atoms with van der Waals surface area (Å²) in [5, 5.41) is 0. The second kappa shape index (κ2) is 5.71. The zero-order valence-corrected chi connectivity index (χ0v) is 15.1. The number of rotatable bonds is 2. The first kappa shape index (κ1) is 16.4. The summed E-state index contributed by atoms with van der Waals surface area (Å²) in [7, 11) is 1.56. The molecule has 2 saturated heterocycles. The van der Waals surface area contributed by atoms with Crippen molar-refractivity contribution in [2.75, 3.05) is 13.7 Å². The lowest BCUT2D eigenvalue weighted by atomic mass is 9.66. The molecule has 3 fully saturated rings. The number of nitrogens with zero attached hydrogens (tertiary/aromatic N) is 3. The summed E-state index contributed by atoms with van der Waals surface area (Å²) in [6.07, 6.45) is 5.71. The van der Waals surface area contributed by atoms with Gasteiger partial charge in [-0.3, -0.25) is 9.59 Å². The van der Waals surface area contributed by atoms with Gasteiger partial charge in [-0.1, -0.05) is 6.92 Å². The van der Waals surface area contributed by atoms with Gasteiger partial charge in [0.25, 0.3) is 5.91 Å². The van der Waals surface area contributed by atoms with Gasteiger partial charge < -0.3 is 14.5 Å². The maximum Gasteiger partial charge on any atom is 0.256 e. The zero-order chi connectivity index (χ0) is 17.8. The zero-order valence-electron chi connectivity index (χ0n) is 15.1. The van der Waals surface area contributed by atoms with E-state index in [2.05, 4.69) is 16.8 Å². The highest BCUT2D eigenvalue weighted by Gasteiger charge is 2.61. The molecular weight excluding hydrogens is 318 g/mol. The number of piperidine rings is 1. The predicted octanol–water partition coefficient (Wildman–Crippen LogP) is 2.09. The molecule has 4 rings (SSSR count). The summed E-state index contributed by atoms with van der Waals surface area (Å²) >= 11 is 0. The Labute approximate surface area is 148 Å². The highest BCUT2D eigenvalue weighted by atomic mass is 16.5. The number of likely N-dealkylation sites (tertiary alicyclic amines) is 2. The van der Waals surface area contributed by atoms with Gasteiger partial charge in [-0.2, -0.15) is 0 Å². The van der Waals surface area contributed by atoms with E-state index in [0.717, 1.165) is 25.7 Å². The van der Waals surface area contributed by atoms with Gasteiger partial charge in [0.05, 0.1) is 18.7 Å². The molecule has 0 radical (unpaired) electrons. The highest BCUT2D eigenvalue weighted by molar-refractivity contribution is 5.95. The molecule has 25 heavy (non-hydrogen) atoms. The van der Waals surface area contributed by atoms with E-state index in [1.807, 2.05) is 4.90 Å². The molecule has 2 aliphatic heterocycles. The maximum absolute atomic E-state index is 13.2. The van der Waals surface area contributed by atoms with E-state index < -0.39 is 0 Å². The summed E-state index contributed by atoms with van der Waals surface area (Å²) < 4.78 is 5.09. The molecule has 6 nitrogen and oxygen atoms in total. The SMILES string of the molecule is COc1ccc(C(=O)N2[C@@H]3CN(C(C)=O)[C@@H]4CCC[C@H]2[C@]4(C)C3)cn1. The van der Waals surface area contributed by atoms with Crippen molar-refractivity contribution in [1.29, 1.82) is 0 Å². The van der Waals surface area contributed by atoms with E-state index in [4.69, 9.17) is 4.74 Å². The molecule has 2 bridgehead atoms. The van der Waals surface area contributed by atoms with Crippen molar-refractivity contribution in [3.05, 3.63) is 23.9 Å². The first-order chi connectivity index (χ1) is 12.0. The fraction of sp³-hybridized carbons (Fsp3) is 0.632. The number of hydrogen-bond donors (Lipinski definition) is 0. The van der Waals surface area contributed by atoms with Gasteiger partial charge in [0.1, 0.15) is 0 Å². The normalized spacial score (nSPS) is 33.3. The van der Waals surface area contributed by atoms with E-state index in [1.54, 1.807) is 32.4 Å². The molecule has 3 heterocycles. The number of ether oxygens (including phenoxy) is 1. The molecule has 0 aromatic carbocycles. The van der Waals surface area contributed by atoms with Crippen LogP contribution in [0, 0.1) is 5.41 Å². The van der Waals surface area contributed by atoms with Crippen LogP contribution < -0.4 is 4.74 Å². The molecule has 2 amide bonds. The Kier molecular flexibility index (Phi) is 3.74. The number of pyridine rings is 1. The van der Waals surface area contributed by atoms with Crippen LogP contribution in [-0.2, 0) is 4.79 Å². The highest BCUT2D eigenvalue weighted by Crippen LogP contribution is 2.54. The standard InChI is InChI=1S/C19H25N3O3/c1-12(23)21-11-14-9-19(2)15(21)5-4-6-16(19)22(14)18(24)13-7-8-17(25-3)20-10-13/h7-8,10,14-16H,4-6,9,11H2,1-3H3/t14-,15+,16-,19+/m0/s1. The fourth-order valence-corrected chi connectivity index (χ4v) is 5.43. The Morgan fingerprint density at radius 3 is 2.68 bits per heavy atom. The summed E-state index contributed by atoms with van der Waals surface area (Å²) in [6, 6.07) is 4.06. The lowest BCUT2D eigenvalue weighted by molar-refractivity contribution is -0.137. The number of carbonyl (C=O) groups is 2. The molecule has 134 valence electrons. The quantitative estimate of drug-likeness (QED) is 0.825. The van der Waals surface area contributed by atoms with Crippen LogP contribution in [0.1, 0.15) is 49.9 Å². The lowest BCUT2D eigenvalue weighted by Gasteiger charge is -2.49. The van der Waals surface area contributed by atoms with Crippen molar-refractivity contribution in [2.24, 2.45) is 5.41 Å². The van der Waals surface area contributed by atoms with E-state index in [9.17, 15) is 9.59 Å². The Morgan fingerprint density at radius 2 is 2.04 bits per heavy atom. The number of fused-ring (bicyclic) bond motifs is 1. The van der Waals surface area contributed by atoms with Gasteiger partial charge in [0.15, 0.2) is 0 Å². The Morgan fingerprint density at radius 1 is 1.28 bits per heavy atom. The Balaban J connectivity index is 1.68. The van der Waals surface area contributed by atoms with Crippen LogP contribution in [0.2, 0.25) is 0 Å². The van der Waals surface area contributed by atoms with Gasteiger partial charge in [0.2, 0.25) is 11.8 Å². The monoisotopic (exact) mass is 343 g/mol. The van der Waals surface area contributed by atoms with Gasteiger partial charge in [-0.25, -0.2) is 4.98 Å². The molecule has 1 aromatic heterocycles. The van der Waals surface area contributed by atoms with Gasteiger partial charge >= 0.3 is 0 Å². The molecule has 0 N–H and O–H groups in total. The lowest BCUT2D eigenvalue weighted by Crippen LogP contribution is -2.57. The molecule has 0 unspecified atom stereocenters. The van der Waals surface area contributed by atoms with E-state index >= 15 is 0 Å².